The highest BCUT2D eigenvalue weighted by Crippen LogP contribution is 2.46. The van der Waals surface area contributed by atoms with Crippen molar-refractivity contribution in [2.75, 3.05) is 0 Å². The van der Waals surface area contributed by atoms with E-state index < -0.39 is 17.7 Å². The molecule has 0 bridgehead atoms. The van der Waals surface area contributed by atoms with E-state index in [0.717, 1.165) is 32.1 Å². The molecule has 0 aliphatic heterocycles. The Balaban J connectivity index is 2.44. The molecule has 0 radical (unpaired) electrons. The lowest BCUT2D eigenvalue weighted by atomic mass is 9.66. The van der Waals surface area contributed by atoms with Gasteiger partial charge in [-0.05, 0) is 60.6 Å². The van der Waals surface area contributed by atoms with Crippen molar-refractivity contribution in [3.8, 4) is 0 Å². The van der Waals surface area contributed by atoms with Gasteiger partial charge in [-0.1, -0.05) is 27.2 Å². The lowest BCUT2D eigenvalue weighted by Crippen LogP contribution is -2.30. The molecule has 1 saturated carbocycles. The average Bonchev–Trinajstić information content (AvgIpc) is 2.60. The minimum atomic E-state index is -0.727. The second-order valence-corrected chi connectivity index (χ2v) is 7.97. The highest BCUT2D eigenvalue weighted by molar-refractivity contribution is 6.05. The van der Waals surface area contributed by atoms with Crippen LogP contribution in [0.5, 0.6) is 0 Å². The first-order valence-corrected chi connectivity index (χ1v) is 9.15. The van der Waals surface area contributed by atoms with Crippen molar-refractivity contribution in [3.63, 3.8) is 0 Å². The zero-order valence-corrected chi connectivity index (χ0v) is 15.8. The van der Waals surface area contributed by atoms with Gasteiger partial charge in [0.25, 0.3) is 0 Å². The lowest BCUT2D eigenvalue weighted by molar-refractivity contribution is 0.0995. The quantitative estimate of drug-likeness (QED) is 0.722. The summed E-state index contributed by atoms with van der Waals surface area (Å²) >= 11 is 0. The molecule has 6 N–H and O–H groups in total. The maximum atomic E-state index is 12.0. The van der Waals surface area contributed by atoms with Crippen molar-refractivity contribution in [3.05, 3.63) is 34.4 Å². The van der Waals surface area contributed by atoms with Gasteiger partial charge in [-0.3, -0.25) is 14.4 Å². The van der Waals surface area contributed by atoms with Crippen LogP contribution in [0.4, 0.5) is 0 Å². The topological polar surface area (TPSA) is 129 Å². The molecule has 142 valence electrons. The summed E-state index contributed by atoms with van der Waals surface area (Å²) < 4.78 is 0. The fourth-order valence-electron chi connectivity index (χ4n) is 4.10. The SMILES string of the molecule is CCC(C)(C)[C@H]1CC[C@@H](c2c(C(N)=O)cc(C(N)=O)cc2C(N)=O)CC1. The Morgan fingerprint density at radius 3 is 1.73 bits per heavy atom. The van der Waals surface area contributed by atoms with Gasteiger partial charge in [0.15, 0.2) is 0 Å². The molecule has 1 aromatic rings. The zero-order chi connectivity index (χ0) is 19.6. The minimum Gasteiger partial charge on any atom is -0.366 e. The number of nitrogens with two attached hydrogens (primary N) is 3. The molecule has 1 aromatic carbocycles. The van der Waals surface area contributed by atoms with E-state index in [1.165, 1.54) is 12.1 Å². The van der Waals surface area contributed by atoms with Crippen molar-refractivity contribution in [1.82, 2.24) is 0 Å². The smallest absolute Gasteiger partial charge is 0.249 e. The molecular weight excluding hydrogens is 330 g/mol. The van der Waals surface area contributed by atoms with Gasteiger partial charge in [0.2, 0.25) is 17.7 Å². The molecule has 0 unspecified atom stereocenters. The van der Waals surface area contributed by atoms with Gasteiger partial charge in [-0.2, -0.15) is 0 Å². The Kier molecular flexibility index (Phi) is 5.74. The number of primary amides is 3. The average molecular weight is 359 g/mol. The minimum absolute atomic E-state index is 0.0193. The van der Waals surface area contributed by atoms with Gasteiger partial charge in [0, 0.05) is 16.7 Å². The summed E-state index contributed by atoms with van der Waals surface area (Å²) in [6.07, 6.45) is 4.84. The summed E-state index contributed by atoms with van der Waals surface area (Å²) in [5.74, 6) is -1.47. The third-order valence-corrected chi connectivity index (χ3v) is 6.15. The number of hydrogen-bond donors (Lipinski definition) is 3. The van der Waals surface area contributed by atoms with E-state index in [1.807, 2.05) is 0 Å². The normalized spacial score (nSPS) is 20.6. The lowest BCUT2D eigenvalue weighted by Gasteiger charge is -2.39. The van der Waals surface area contributed by atoms with Crippen LogP contribution in [0, 0.1) is 11.3 Å². The standard InChI is InChI=1S/C20H29N3O3/c1-4-20(2,3)13-7-5-11(6-8-13)16-14(18(22)25)9-12(17(21)24)10-15(16)19(23)26/h9-11,13H,4-8H2,1-3H3,(H2,21,24)(H2,22,25)(H2,23,26)/t11-,13+. The van der Waals surface area contributed by atoms with Gasteiger partial charge in [-0.25, -0.2) is 0 Å². The summed E-state index contributed by atoms with van der Waals surface area (Å²) in [6, 6.07) is 2.77. The zero-order valence-electron chi connectivity index (χ0n) is 15.8. The van der Waals surface area contributed by atoms with Crippen LogP contribution in [0.2, 0.25) is 0 Å². The van der Waals surface area contributed by atoms with E-state index in [2.05, 4.69) is 20.8 Å². The fraction of sp³-hybridized carbons (Fsp3) is 0.550. The molecule has 6 heteroatoms. The Labute approximate surface area is 154 Å². The summed E-state index contributed by atoms with van der Waals surface area (Å²) in [7, 11) is 0. The largest absolute Gasteiger partial charge is 0.366 e. The van der Waals surface area contributed by atoms with Gasteiger partial charge in [0.1, 0.15) is 0 Å². The summed E-state index contributed by atoms with van der Waals surface area (Å²) in [5.41, 5.74) is 17.6. The molecule has 0 heterocycles. The molecule has 26 heavy (non-hydrogen) atoms. The Morgan fingerprint density at radius 1 is 0.923 bits per heavy atom. The molecular formula is C20H29N3O3. The first-order chi connectivity index (χ1) is 12.1. The van der Waals surface area contributed by atoms with E-state index in [-0.39, 0.29) is 28.0 Å². The van der Waals surface area contributed by atoms with Crippen LogP contribution in [0.1, 0.15) is 95.4 Å². The van der Waals surface area contributed by atoms with E-state index >= 15 is 0 Å². The van der Waals surface area contributed by atoms with Crippen LogP contribution < -0.4 is 17.2 Å². The second kappa shape index (κ2) is 7.48. The van der Waals surface area contributed by atoms with Crippen molar-refractivity contribution in [2.45, 2.75) is 58.8 Å². The highest BCUT2D eigenvalue weighted by Gasteiger charge is 2.34. The van der Waals surface area contributed by atoms with E-state index in [9.17, 15) is 14.4 Å². The molecule has 1 aliphatic carbocycles. The van der Waals surface area contributed by atoms with Crippen molar-refractivity contribution >= 4 is 17.7 Å². The maximum absolute atomic E-state index is 12.0. The molecule has 6 nitrogen and oxygen atoms in total. The molecule has 0 spiro atoms. The van der Waals surface area contributed by atoms with Crippen LogP contribution in [0.15, 0.2) is 12.1 Å². The Morgan fingerprint density at radius 2 is 1.38 bits per heavy atom. The number of amides is 3. The number of rotatable bonds is 6. The maximum Gasteiger partial charge on any atom is 0.249 e. The molecule has 3 amide bonds. The van der Waals surface area contributed by atoms with Crippen molar-refractivity contribution in [2.24, 2.45) is 28.5 Å². The van der Waals surface area contributed by atoms with Crippen LogP contribution >= 0.6 is 0 Å². The second-order valence-electron chi connectivity index (χ2n) is 7.97. The van der Waals surface area contributed by atoms with Crippen molar-refractivity contribution < 1.29 is 14.4 Å². The fourth-order valence-corrected chi connectivity index (χ4v) is 4.10. The predicted molar refractivity (Wildman–Crippen MR) is 101 cm³/mol. The van der Waals surface area contributed by atoms with E-state index in [0.29, 0.717) is 11.5 Å². The molecule has 0 atom stereocenters. The number of benzene rings is 1. The van der Waals surface area contributed by atoms with Gasteiger partial charge in [0.05, 0.1) is 0 Å². The van der Waals surface area contributed by atoms with Gasteiger partial charge >= 0.3 is 0 Å². The number of hydrogen-bond acceptors (Lipinski definition) is 3. The summed E-state index contributed by atoms with van der Waals surface area (Å²) in [5, 5.41) is 0. The summed E-state index contributed by atoms with van der Waals surface area (Å²) in [4.78, 5) is 35.5. The van der Waals surface area contributed by atoms with Crippen LogP contribution in [0.3, 0.4) is 0 Å². The van der Waals surface area contributed by atoms with Crippen LogP contribution in [0.25, 0.3) is 0 Å². The molecule has 2 rings (SSSR count). The van der Waals surface area contributed by atoms with E-state index in [4.69, 9.17) is 17.2 Å². The molecule has 1 fully saturated rings. The van der Waals surface area contributed by atoms with Gasteiger partial charge < -0.3 is 17.2 Å². The summed E-state index contributed by atoms with van der Waals surface area (Å²) in [6.45, 7) is 6.76. The third-order valence-electron chi connectivity index (χ3n) is 6.15. The van der Waals surface area contributed by atoms with E-state index in [1.54, 1.807) is 0 Å². The number of carbonyl (C=O) groups excluding carboxylic acids is 3. The first kappa shape index (κ1) is 19.9. The molecule has 0 saturated heterocycles. The van der Waals surface area contributed by atoms with Crippen molar-refractivity contribution in [1.29, 1.82) is 0 Å². The number of carbonyl (C=O) groups is 3. The molecule has 0 aromatic heterocycles. The first-order valence-electron chi connectivity index (χ1n) is 9.15. The Bertz CT molecular complexity index is 697. The van der Waals surface area contributed by atoms with Gasteiger partial charge in [-0.15, -0.1) is 0 Å². The molecule has 1 aliphatic rings. The van der Waals surface area contributed by atoms with Crippen LogP contribution in [-0.4, -0.2) is 17.7 Å². The highest BCUT2D eigenvalue weighted by atomic mass is 16.2. The predicted octanol–water partition coefficient (Wildman–Crippen LogP) is 2.69. The Hall–Kier alpha value is -2.37. The monoisotopic (exact) mass is 359 g/mol. The van der Waals surface area contributed by atoms with Crippen LogP contribution in [-0.2, 0) is 0 Å². The third kappa shape index (κ3) is 3.89.